The maximum atomic E-state index is 12.7. The molecule has 0 radical (unpaired) electrons. The summed E-state index contributed by atoms with van der Waals surface area (Å²) in [6.45, 7) is 5.90. The molecule has 2 heterocycles. The molecule has 0 spiro atoms. The highest BCUT2D eigenvalue weighted by atomic mass is 35.5. The third-order valence-corrected chi connectivity index (χ3v) is 4.51. The Morgan fingerprint density at radius 2 is 2.32 bits per heavy atom. The zero-order chi connectivity index (χ0) is 14.8. The Hall–Kier alpha value is -1.26. The van der Waals surface area contributed by atoms with Crippen LogP contribution in [0.15, 0.2) is 12.1 Å². The van der Waals surface area contributed by atoms with Crippen LogP contribution >= 0.6 is 12.4 Å². The summed E-state index contributed by atoms with van der Waals surface area (Å²) in [7, 11) is 0. The van der Waals surface area contributed by atoms with Crippen molar-refractivity contribution in [2.45, 2.75) is 51.6 Å². The summed E-state index contributed by atoms with van der Waals surface area (Å²) in [5.41, 5.74) is 2.97. The molecule has 1 aromatic rings. The predicted molar refractivity (Wildman–Crippen MR) is 90.2 cm³/mol. The molecule has 1 aromatic carbocycles. The fraction of sp³-hybridized carbons (Fsp3) is 0.588. The van der Waals surface area contributed by atoms with Crippen molar-refractivity contribution in [3.63, 3.8) is 0 Å². The normalized spacial score (nSPS) is 20.7. The van der Waals surface area contributed by atoms with E-state index in [0.717, 1.165) is 42.7 Å². The van der Waals surface area contributed by atoms with E-state index >= 15 is 0 Å². The van der Waals surface area contributed by atoms with Crippen molar-refractivity contribution >= 4 is 18.3 Å². The molecule has 1 fully saturated rings. The average molecular weight is 325 g/mol. The Balaban J connectivity index is 0.00000176. The second kappa shape index (κ2) is 7.34. The third-order valence-electron chi connectivity index (χ3n) is 4.51. The first kappa shape index (κ1) is 17.1. The van der Waals surface area contributed by atoms with Gasteiger partial charge in [0.2, 0.25) is 0 Å². The summed E-state index contributed by atoms with van der Waals surface area (Å²) in [4.78, 5) is 12.7. The van der Waals surface area contributed by atoms with Gasteiger partial charge in [-0.25, -0.2) is 0 Å². The second-order valence-corrected chi connectivity index (χ2v) is 6.09. The number of halogens is 1. The van der Waals surface area contributed by atoms with Crippen LogP contribution in [0, 0.1) is 6.92 Å². The van der Waals surface area contributed by atoms with Crippen LogP contribution in [-0.2, 0) is 6.42 Å². The van der Waals surface area contributed by atoms with Crippen molar-refractivity contribution in [3.05, 3.63) is 28.8 Å². The molecule has 2 aliphatic heterocycles. The quantitative estimate of drug-likeness (QED) is 0.895. The van der Waals surface area contributed by atoms with Crippen LogP contribution in [-0.4, -0.2) is 31.1 Å². The van der Waals surface area contributed by atoms with E-state index in [1.54, 1.807) is 0 Å². The summed E-state index contributed by atoms with van der Waals surface area (Å²) in [6, 6.07) is 4.65. The molecule has 0 aromatic heterocycles. The first-order chi connectivity index (χ1) is 10.2. The molecule has 0 bridgehead atoms. The van der Waals surface area contributed by atoms with E-state index in [9.17, 15) is 4.79 Å². The number of aryl methyl sites for hydroxylation is 1. The Kier molecular flexibility index (Phi) is 5.70. The molecule has 1 amide bonds. The van der Waals surface area contributed by atoms with Crippen molar-refractivity contribution in [3.8, 4) is 5.75 Å². The molecule has 22 heavy (non-hydrogen) atoms. The molecule has 2 aliphatic rings. The maximum absolute atomic E-state index is 12.7. The van der Waals surface area contributed by atoms with Crippen molar-refractivity contribution in [2.24, 2.45) is 0 Å². The number of carbonyl (C=O) groups is 1. The van der Waals surface area contributed by atoms with E-state index in [4.69, 9.17) is 4.74 Å². The summed E-state index contributed by atoms with van der Waals surface area (Å²) in [5.74, 6) is 0.782. The van der Waals surface area contributed by atoms with E-state index in [-0.39, 0.29) is 24.4 Å². The number of nitrogens with one attached hydrogen (secondary N) is 2. The van der Waals surface area contributed by atoms with Gasteiger partial charge < -0.3 is 15.4 Å². The van der Waals surface area contributed by atoms with Crippen LogP contribution in [0.2, 0.25) is 0 Å². The zero-order valence-electron chi connectivity index (χ0n) is 13.3. The van der Waals surface area contributed by atoms with Crippen LogP contribution < -0.4 is 15.4 Å². The monoisotopic (exact) mass is 324 g/mol. The molecule has 3 rings (SSSR count). The standard InChI is InChI=1S/C17H24N2O2.ClH/c1-3-14(15-5-4-7-18-15)19-17(20)13-10-11(2)9-12-6-8-21-16(12)13;/h9-10,14-15,18H,3-8H2,1-2H3,(H,19,20);1H. The predicted octanol–water partition coefficient (Wildman–Crippen LogP) is 2.61. The largest absolute Gasteiger partial charge is 0.492 e. The van der Waals surface area contributed by atoms with Crippen LogP contribution in [0.1, 0.15) is 47.7 Å². The molecule has 2 atom stereocenters. The Morgan fingerprint density at radius 1 is 1.50 bits per heavy atom. The van der Waals surface area contributed by atoms with Gasteiger partial charge in [-0.1, -0.05) is 13.0 Å². The average Bonchev–Trinajstić information content (AvgIpc) is 3.14. The summed E-state index contributed by atoms with van der Waals surface area (Å²) in [6.07, 6.45) is 4.18. The van der Waals surface area contributed by atoms with E-state index in [2.05, 4.69) is 23.6 Å². The second-order valence-electron chi connectivity index (χ2n) is 6.09. The van der Waals surface area contributed by atoms with Gasteiger partial charge in [-0.3, -0.25) is 4.79 Å². The smallest absolute Gasteiger partial charge is 0.255 e. The number of ether oxygens (including phenoxy) is 1. The molecule has 1 saturated heterocycles. The van der Waals surface area contributed by atoms with E-state index < -0.39 is 0 Å². The molecule has 2 N–H and O–H groups in total. The number of carbonyl (C=O) groups excluding carboxylic acids is 1. The van der Waals surface area contributed by atoms with Crippen molar-refractivity contribution in [2.75, 3.05) is 13.2 Å². The highest BCUT2D eigenvalue weighted by Crippen LogP contribution is 2.31. The van der Waals surface area contributed by atoms with Gasteiger partial charge >= 0.3 is 0 Å². The van der Waals surface area contributed by atoms with Gasteiger partial charge in [0.1, 0.15) is 5.75 Å². The van der Waals surface area contributed by atoms with Crippen LogP contribution in [0.5, 0.6) is 5.75 Å². The van der Waals surface area contributed by atoms with Gasteiger partial charge in [0.15, 0.2) is 0 Å². The summed E-state index contributed by atoms with van der Waals surface area (Å²) >= 11 is 0. The lowest BCUT2D eigenvalue weighted by Crippen LogP contribution is -2.47. The number of benzene rings is 1. The van der Waals surface area contributed by atoms with E-state index in [0.29, 0.717) is 18.2 Å². The van der Waals surface area contributed by atoms with Gasteiger partial charge in [-0.15, -0.1) is 12.4 Å². The van der Waals surface area contributed by atoms with Crippen LogP contribution in [0.4, 0.5) is 0 Å². The molecule has 4 nitrogen and oxygen atoms in total. The highest BCUT2D eigenvalue weighted by Gasteiger charge is 2.27. The summed E-state index contributed by atoms with van der Waals surface area (Å²) in [5, 5.41) is 6.68. The lowest BCUT2D eigenvalue weighted by molar-refractivity contribution is 0.0924. The topological polar surface area (TPSA) is 50.4 Å². The fourth-order valence-electron chi connectivity index (χ4n) is 3.42. The van der Waals surface area contributed by atoms with E-state index in [1.807, 2.05) is 13.0 Å². The number of rotatable bonds is 4. The number of hydrogen-bond acceptors (Lipinski definition) is 3. The number of fused-ring (bicyclic) bond motifs is 1. The van der Waals surface area contributed by atoms with Gasteiger partial charge in [-0.2, -0.15) is 0 Å². The van der Waals surface area contributed by atoms with Gasteiger partial charge in [0.05, 0.1) is 12.2 Å². The van der Waals surface area contributed by atoms with Crippen LogP contribution in [0.25, 0.3) is 0 Å². The van der Waals surface area contributed by atoms with Crippen molar-refractivity contribution in [1.29, 1.82) is 0 Å². The Labute approximate surface area is 138 Å². The highest BCUT2D eigenvalue weighted by molar-refractivity contribution is 5.98. The molecule has 2 unspecified atom stereocenters. The SMILES string of the molecule is CCC(NC(=O)c1cc(C)cc2c1OCC2)C1CCCN1.Cl. The molecule has 5 heteroatoms. The first-order valence-corrected chi connectivity index (χ1v) is 7.99. The van der Waals surface area contributed by atoms with Gasteiger partial charge in [0.25, 0.3) is 5.91 Å². The van der Waals surface area contributed by atoms with E-state index in [1.165, 1.54) is 6.42 Å². The minimum atomic E-state index is -0.00241. The fourth-order valence-corrected chi connectivity index (χ4v) is 3.42. The Bertz CT molecular complexity index is 542. The zero-order valence-corrected chi connectivity index (χ0v) is 14.1. The van der Waals surface area contributed by atoms with Crippen molar-refractivity contribution in [1.82, 2.24) is 10.6 Å². The molecular formula is C17H25ClN2O2. The minimum Gasteiger partial charge on any atom is -0.492 e. The molecule has 122 valence electrons. The number of amides is 1. The Morgan fingerprint density at radius 3 is 3.00 bits per heavy atom. The first-order valence-electron chi connectivity index (χ1n) is 7.99. The molecule has 0 aliphatic carbocycles. The lowest BCUT2D eigenvalue weighted by Gasteiger charge is -2.24. The summed E-state index contributed by atoms with van der Waals surface area (Å²) < 4.78 is 5.67. The third kappa shape index (κ3) is 3.39. The minimum absolute atomic E-state index is 0. The maximum Gasteiger partial charge on any atom is 0.255 e. The molecule has 0 saturated carbocycles. The van der Waals surface area contributed by atoms with Crippen LogP contribution in [0.3, 0.4) is 0 Å². The number of hydrogen-bond donors (Lipinski definition) is 2. The molecular weight excluding hydrogens is 300 g/mol. The van der Waals surface area contributed by atoms with Gasteiger partial charge in [-0.05, 0) is 49.9 Å². The van der Waals surface area contributed by atoms with Crippen molar-refractivity contribution < 1.29 is 9.53 Å². The van der Waals surface area contributed by atoms with Gasteiger partial charge in [0, 0.05) is 18.5 Å². The lowest BCUT2D eigenvalue weighted by atomic mass is 10.0.